The summed E-state index contributed by atoms with van der Waals surface area (Å²) in [5, 5.41) is 7.48. The van der Waals surface area contributed by atoms with Gasteiger partial charge in [-0.15, -0.1) is 0 Å². The van der Waals surface area contributed by atoms with Crippen LogP contribution in [0.5, 0.6) is 0 Å². The molecule has 1 N–H and O–H groups in total. The van der Waals surface area contributed by atoms with Gasteiger partial charge in [-0.2, -0.15) is 0 Å². The largest absolute Gasteiger partial charge is 0.356 e. The van der Waals surface area contributed by atoms with E-state index in [9.17, 15) is 0 Å². The van der Waals surface area contributed by atoms with Gasteiger partial charge in [0.25, 0.3) is 0 Å². The van der Waals surface area contributed by atoms with Gasteiger partial charge in [0.1, 0.15) is 0 Å². The SMILES string of the molecule is N=C1CC=NC(OCCC2CC2)C1. The first-order chi connectivity index (χ1) is 6.34. The van der Waals surface area contributed by atoms with Crippen molar-refractivity contribution in [3.8, 4) is 0 Å². The molecule has 3 nitrogen and oxygen atoms in total. The van der Waals surface area contributed by atoms with Gasteiger partial charge in [-0.1, -0.05) is 12.8 Å². The van der Waals surface area contributed by atoms with Crippen molar-refractivity contribution < 1.29 is 4.74 Å². The minimum Gasteiger partial charge on any atom is -0.356 e. The Kier molecular flexibility index (Phi) is 2.74. The molecule has 1 aliphatic heterocycles. The summed E-state index contributed by atoms with van der Waals surface area (Å²) in [7, 11) is 0. The van der Waals surface area contributed by atoms with Crippen LogP contribution in [0.4, 0.5) is 0 Å². The van der Waals surface area contributed by atoms with E-state index < -0.39 is 0 Å². The van der Waals surface area contributed by atoms with Crippen LogP contribution in [0.25, 0.3) is 0 Å². The van der Waals surface area contributed by atoms with Crippen molar-refractivity contribution in [3.63, 3.8) is 0 Å². The molecule has 1 heterocycles. The van der Waals surface area contributed by atoms with Crippen LogP contribution in [0.1, 0.15) is 32.1 Å². The topological polar surface area (TPSA) is 45.4 Å². The van der Waals surface area contributed by atoms with Gasteiger partial charge in [0.2, 0.25) is 0 Å². The van der Waals surface area contributed by atoms with Crippen molar-refractivity contribution in [2.24, 2.45) is 10.9 Å². The van der Waals surface area contributed by atoms with Crippen molar-refractivity contribution in [1.82, 2.24) is 0 Å². The van der Waals surface area contributed by atoms with E-state index in [0.29, 0.717) is 12.8 Å². The highest BCUT2D eigenvalue weighted by Gasteiger charge is 2.21. The third kappa shape index (κ3) is 2.92. The van der Waals surface area contributed by atoms with Gasteiger partial charge >= 0.3 is 0 Å². The third-order valence-corrected chi connectivity index (χ3v) is 2.56. The lowest BCUT2D eigenvalue weighted by Crippen LogP contribution is -2.20. The molecule has 1 saturated carbocycles. The fourth-order valence-corrected chi connectivity index (χ4v) is 1.51. The highest BCUT2D eigenvalue weighted by atomic mass is 16.5. The molecule has 13 heavy (non-hydrogen) atoms. The van der Waals surface area contributed by atoms with Crippen LogP contribution in [0.2, 0.25) is 0 Å². The average molecular weight is 180 g/mol. The molecule has 1 unspecified atom stereocenters. The van der Waals surface area contributed by atoms with Crippen LogP contribution in [0, 0.1) is 11.3 Å². The van der Waals surface area contributed by atoms with E-state index in [-0.39, 0.29) is 6.23 Å². The monoisotopic (exact) mass is 180 g/mol. The fourth-order valence-electron chi connectivity index (χ4n) is 1.51. The maximum atomic E-state index is 7.48. The smallest absolute Gasteiger partial charge is 0.153 e. The first-order valence-electron chi connectivity index (χ1n) is 5.04. The molecule has 0 bridgehead atoms. The fraction of sp³-hybridized carbons (Fsp3) is 0.800. The summed E-state index contributed by atoms with van der Waals surface area (Å²) in [4.78, 5) is 4.21. The zero-order valence-electron chi connectivity index (χ0n) is 7.83. The van der Waals surface area contributed by atoms with E-state index in [2.05, 4.69) is 4.99 Å². The van der Waals surface area contributed by atoms with E-state index in [0.717, 1.165) is 18.2 Å². The van der Waals surface area contributed by atoms with E-state index in [1.807, 2.05) is 0 Å². The van der Waals surface area contributed by atoms with Crippen LogP contribution < -0.4 is 0 Å². The minimum atomic E-state index is -0.0556. The van der Waals surface area contributed by atoms with Crippen LogP contribution in [-0.2, 0) is 4.74 Å². The van der Waals surface area contributed by atoms with E-state index >= 15 is 0 Å². The van der Waals surface area contributed by atoms with E-state index in [4.69, 9.17) is 10.1 Å². The second-order valence-corrected chi connectivity index (χ2v) is 3.90. The number of hydrogen-bond donors (Lipinski definition) is 1. The van der Waals surface area contributed by atoms with Crippen molar-refractivity contribution in [2.45, 2.75) is 38.3 Å². The first-order valence-corrected chi connectivity index (χ1v) is 5.04. The zero-order valence-corrected chi connectivity index (χ0v) is 7.83. The van der Waals surface area contributed by atoms with Crippen molar-refractivity contribution >= 4 is 11.9 Å². The Morgan fingerprint density at radius 2 is 2.38 bits per heavy atom. The lowest BCUT2D eigenvalue weighted by atomic mass is 10.1. The molecule has 1 fully saturated rings. The van der Waals surface area contributed by atoms with Crippen LogP contribution >= 0.6 is 0 Å². The molecule has 1 aliphatic carbocycles. The molecular weight excluding hydrogens is 164 g/mol. The van der Waals surface area contributed by atoms with Gasteiger partial charge in [0, 0.05) is 31.4 Å². The third-order valence-electron chi connectivity index (χ3n) is 2.56. The number of hydrogen-bond acceptors (Lipinski definition) is 3. The zero-order chi connectivity index (χ0) is 9.10. The minimum absolute atomic E-state index is 0.0556. The summed E-state index contributed by atoms with van der Waals surface area (Å²) in [6.45, 7) is 0.819. The Hall–Kier alpha value is -0.700. The molecule has 3 heteroatoms. The molecular formula is C10H16N2O. The highest BCUT2D eigenvalue weighted by Crippen LogP contribution is 2.32. The lowest BCUT2D eigenvalue weighted by molar-refractivity contribution is 0.0593. The Bertz CT molecular complexity index is 221. The quantitative estimate of drug-likeness (QED) is 0.706. The molecule has 0 amide bonds. The maximum absolute atomic E-state index is 7.48. The Balaban J connectivity index is 1.65. The standard InChI is InChI=1S/C10H16N2O/c11-9-3-5-12-10(7-9)13-6-4-8-1-2-8/h5,8,10-11H,1-4,6-7H2. The van der Waals surface area contributed by atoms with Crippen molar-refractivity contribution in [3.05, 3.63) is 0 Å². The Morgan fingerprint density at radius 3 is 3.08 bits per heavy atom. The lowest BCUT2D eigenvalue weighted by Gasteiger charge is -2.17. The summed E-state index contributed by atoms with van der Waals surface area (Å²) >= 11 is 0. The van der Waals surface area contributed by atoms with Crippen LogP contribution in [-0.4, -0.2) is 24.8 Å². The predicted molar refractivity (Wildman–Crippen MR) is 52.5 cm³/mol. The number of nitrogens with one attached hydrogen (secondary N) is 1. The second-order valence-electron chi connectivity index (χ2n) is 3.90. The van der Waals surface area contributed by atoms with Gasteiger partial charge in [0.15, 0.2) is 6.23 Å². The summed E-state index contributed by atoms with van der Waals surface area (Å²) < 4.78 is 5.57. The van der Waals surface area contributed by atoms with E-state index in [1.165, 1.54) is 19.3 Å². The second kappa shape index (κ2) is 4.01. The van der Waals surface area contributed by atoms with Gasteiger partial charge in [-0.05, 0) is 12.3 Å². The summed E-state index contributed by atoms with van der Waals surface area (Å²) in [6, 6.07) is 0. The molecule has 0 aromatic heterocycles. The van der Waals surface area contributed by atoms with Gasteiger partial charge in [-0.3, -0.25) is 4.99 Å². The molecule has 2 rings (SSSR count). The predicted octanol–water partition coefficient (Wildman–Crippen LogP) is 2.01. The molecule has 2 aliphatic rings. The first kappa shape index (κ1) is 8.88. The number of rotatable bonds is 4. The van der Waals surface area contributed by atoms with Gasteiger partial charge in [-0.25, -0.2) is 0 Å². The average Bonchev–Trinajstić information content (AvgIpc) is 2.88. The van der Waals surface area contributed by atoms with Crippen molar-refractivity contribution in [1.29, 1.82) is 5.41 Å². The number of ether oxygens (including phenoxy) is 1. The van der Waals surface area contributed by atoms with E-state index in [1.54, 1.807) is 6.21 Å². The maximum Gasteiger partial charge on any atom is 0.153 e. The van der Waals surface area contributed by atoms with Gasteiger partial charge < -0.3 is 10.1 Å². The molecule has 1 atom stereocenters. The molecule has 0 spiro atoms. The molecule has 0 radical (unpaired) electrons. The van der Waals surface area contributed by atoms with Crippen LogP contribution in [0.15, 0.2) is 4.99 Å². The summed E-state index contributed by atoms with van der Waals surface area (Å²) in [6.07, 6.45) is 7.09. The van der Waals surface area contributed by atoms with Crippen LogP contribution in [0.3, 0.4) is 0 Å². The van der Waals surface area contributed by atoms with Gasteiger partial charge in [0.05, 0.1) is 0 Å². The highest BCUT2D eigenvalue weighted by molar-refractivity contribution is 5.95. The Labute approximate surface area is 78.7 Å². The molecule has 0 aromatic carbocycles. The molecule has 72 valence electrons. The molecule has 0 aromatic rings. The number of aliphatic imine (C=N–C) groups is 1. The number of nitrogens with zero attached hydrogens (tertiary/aromatic N) is 1. The summed E-state index contributed by atoms with van der Waals surface area (Å²) in [5.74, 6) is 0.923. The Morgan fingerprint density at radius 1 is 1.54 bits per heavy atom. The van der Waals surface area contributed by atoms with Crippen molar-refractivity contribution in [2.75, 3.05) is 6.61 Å². The molecule has 0 saturated heterocycles. The normalized spacial score (nSPS) is 28.0. The summed E-state index contributed by atoms with van der Waals surface area (Å²) in [5.41, 5.74) is 0.742.